The van der Waals surface area contributed by atoms with Gasteiger partial charge in [-0.15, -0.1) is 0 Å². The summed E-state index contributed by atoms with van der Waals surface area (Å²) in [6.45, 7) is 7.30. The van der Waals surface area contributed by atoms with Crippen molar-refractivity contribution in [1.82, 2.24) is 4.90 Å². The number of hydrogen-bond donors (Lipinski definition) is 1. The highest BCUT2D eigenvalue weighted by Gasteiger charge is 2.49. The molecule has 0 aromatic heterocycles. The third-order valence-corrected chi connectivity index (χ3v) is 3.68. The molecule has 2 fully saturated rings. The number of carbonyl (C=O) groups excluding carboxylic acids is 1. The highest BCUT2D eigenvalue weighted by atomic mass is 16.6. The summed E-state index contributed by atoms with van der Waals surface area (Å²) in [5.74, 6) is 1.25. The smallest absolute Gasteiger partial charge is 0.410 e. The summed E-state index contributed by atoms with van der Waals surface area (Å²) in [5.41, 5.74) is 5.28. The van der Waals surface area contributed by atoms with Crippen LogP contribution in [0.2, 0.25) is 0 Å². The van der Waals surface area contributed by atoms with Crippen molar-refractivity contribution in [3.63, 3.8) is 0 Å². The Morgan fingerprint density at radius 3 is 2.75 bits per heavy atom. The number of likely N-dealkylation sites (tertiary alicyclic amines) is 1. The minimum absolute atomic E-state index is 0.157. The largest absolute Gasteiger partial charge is 0.444 e. The van der Waals surface area contributed by atoms with Gasteiger partial charge in [-0.2, -0.15) is 0 Å². The first-order valence-electron chi connectivity index (χ1n) is 6.12. The van der Waals surface area contributed by atoms with E-state index in [4.69, 9.17) is 10.5 Å². The van der Waals surface area contributed by atoms with Gasteiger partial charge in [0.1, 0.15) is 5.60 Å². The molecule has 1 amide bonds. The molecule has 1 aliphatic heterocycles. The molecule has 4 nitrogen and oxygen atoms in total. The van der Waals surface area contributed by atoms with Crippen molar-refractivity contribution in [2.24, 2.45) is 17.6 Å². The molecule has 2 rings (SSSR count). The molecular weight excluding hydrogens is 204 g/mol. The Morgan fingerprint density at radius 2 is 2.19 bits per heavy atom. The molecule has 0 aromatic rings. The van der Waals surface area contributed by atoms with Gasteiger partial charge in [-0.25, -0.2) is 4.79 Å². The van der Waals surface area contributed by atoms with Crippen molar-refractivity contribution in [1.29, 1.82) is 0 Å². The van der Waals surface area contributed by atoms with E-state index in [1.54, 1.807) is 0 Å². The second-order valence-electron chi connectivity index (χ2n) is 5.93. The molecule has 92 valence electrons. The second kappa shape index (κ2) is 3.91. The summed E-state index contributed by atoms with van der Waals surface area (Å²) < 4.78 is 5.40. The first-order chi connectivity index (χ1) is 7.42. The quantitative estimate of drug-likeness (QED) is 0.738. The summed E-state index contributed by atoms with van der Waals surface area (Å²) in [4.78, 5) is 13.8. The Hall–Kier alpha value is -0.770. The van der Waals surface area contributed by atoms with Gasteiger partial charge in [-0.05, 0) is 52.0 Å². The average Bonchev–Trinajstić information content (AvgIpc) is 2.41. The minimum atomic E-state index is -0.397. The van der Waals surface area contributed by atoms with Gasteiger partial charge < -0.3 is 15.4 Å². The first-order valence-corrected chi connectivity index (χ1v) is 6.12. The van der Waals surface area contributed by atoms with E-state index < -0.39 is 5.60 Å². The Balaban J connectivity index is 1.91. The molecule has 0 radical (unpaired) electrons. The van der Waals surface area contributed by atoms with E-state index in [9.17, 15) is 4.79 Å². The van der Waals surface area contributed by atoms with Gasteiger partial charge >= 0.3 is 6.09 Å². The highest BCUT2D eigenvalue weighted by Crippen LogP contribution is 2.45. The number of ether oxygens (including phenoxy) is 1. The fraction of sp³-hybridized carbons (Fsp3) is 0.917. The molecule has 16 heavy (non-hydrogen) atoms. The Labute approximate surface area is 97.1 Å². The summed E-state index contributed by atoms with van der Waals surface area (Å²) in [6.07, 6.45) is 1.99. The lowest BCUT2D eigenvalue weighted by molar-refractivity contribution is 0.00379. The summed E-state index contributed by atoms with van der Waals surface area (Å²) >= 11 is 0. The minimum Gasteiger partial charge on any atom is -0.444 e. The van der Waals surface area contributed by atoms with Crippen molar-refractivity contribution in [3.05, 3.63) is 0 Å². The maximum absolute atomic E-state index is 11.9. The van der Waals surface area contributed by atoms with Crippen molar-refractivity contribution >= 4 is 6.09 Å². The van der Waals surface area contributed by atoms with Crippen molar-refractivity contribution in [3.8, 4) is 0 Å². The van der Waals surface area contributed by atoms with Gasteiger partial charge in [0.05, 0.1) is 0 Å². The van der Waals surface area contributed by atoms with Gasteiger partial charge in [0.2, 0.25) is 0 Å². The van der Waals surface area contributed by atoms with E-state index in [2.05, 4.69) is 0 Å². The zero-order valence-electron chi connectivity index (χ0n) is 10.4. The zero-order valence-corrected chi connectivity index (χ0v) is 10.4. The second-order valence-corrected chi connectivity index (χ2v) is 5.93. The van der Waals surface area contributed by atoms with Crippen LogP contribution in [0.1, 0.15) is 33.6 Å². The van der Waals surface area contributed by atoms with E-state index >= 15 is 0 Å². The Bertz CT molecular complexity index is 285. The lowest BCUT2D eigenvalue weighted by Crippen LogP contribution is -2.51. The summed E-state index contributed by atoms with van der Waals surface area (Å²) in [7, 11) is 0. The molecule has 1 saturated heterocycles. The molecule has 0 aromatic carbocycles. The number of hydrogen-bond acceptors (Lipinski definition) is 3. The molecule has 3 unspecified atom stereocenters. The number of fused-ring (bicyclic) bond motifs is 1. The monoisotopic (exact) mass is 226 g/mol. The van der Waals surface area contributed by atoms with Gasteiger partial charge in [0, 0.05) is 12.6 Å². The van der Waals surface area contributed by atoms with E-state index in [1.807, 2.05) is 25.7 Å². The molecular formula is C12H22N2O2. The van der Waals surface area contributed by atoms with Crippen LogP contribution in [0.5, 0.6) is 0 Å². The van der Waals surface area contributed by atoms with Gasteiger partial charge in [-0.3, -0.25) is 0 Å². The highest BCUT2D eigenvalue weighted by molar-refractivity contribution is 5.69. The van der Waals surface area contributed by atoms with Crippen LogP contribution in [-0.4, -0.2) is 35.7 Å². The van der Waals surface area contributed by atoms with Crippen LogP contribution in [0.4, 0.5) is 4.79 Å². The molecule has 0 bridgehead atoms. The van der Waals surface area contributed by atoms with Gasteiger partial charge in [0.15, 0.2) is 0 Å². The fourth-order valence-corrected chi connectivity index (χ4v) is 2.84. The third-order valence-electron chi connectivity index (χ3n) is 3.68. The maximum Gasteiger partial charge on any atom is 0.410 e. The molecule has 1 saturated carbocycles. The standard InChI is InChI=1S/C12H22N2O2/c1-12(2,3)16-11(15)14-5-4-9-8(7-13)6-10(9)14/h8-10H,4-7,13H2,1-3H3. The van der Waals surface area contributed by atoms with Gasteiger partial charge in [0.25, 0.3) is 0 Å². The summed E-state index contributed by atoms with van der Waals surface area (Å²) in [6, 6.07) is 0.392. The molecule has 4 heteroatoms. The van der Waals surface area contributed by atoms with E-state index in [1.165, 1.54) is 0 Å². The SMILES string of the molecule is CC(C)(C)OC(=O)N1CCC2C(CN)CC21. The Morgan fingerprint density at radius 1 is 1.50 bits per heavy atom. The van der Waals surface area contributed by atoms with Crippen LogP contribution in [0.15, 0.2) is 0 Å². The number of nitrogens with two attached hydrogens (primary N) is 1. The lowest BCUT2D eigenvalue weighted by atomic mass is 9.70. The molecule has 1 heterocycles. The van der Waals surface area contributed by atoms with Gasteiger partial charge in [-0.1, -0.05) is 0 Å². The summed E-state index contributed by atoms with van der Waals surface area (Å²) in [5, 5.41) is 0. The van der Waals surface area contributed by atoms with Crippen LogP contribution in [0.25, 0.3) is 0 Å². The van der Waals surface area contributed by atoms with E-state index in [-0.39, 0.29) is 6.09 Å². The van der Waals surface area contributed by atoms with Crippen molar-refractivity contribution in [2.75, 3.05) is 13.1 Å². The van der Waals surface area contributed by atoms with E-state index in [0.29, 0.717) is 17.9 Å². The van der Waals surface area contributed by atoms with Crippen LogP contribution < -0.4 is 5.73 Å². The normalized spacial score (nSPS) is 33.2. The predicted molar refractivity (Wildman–Crippen MR) is 62.0 cm³/mol. The first kappa shape index (κ1) is 11.7. The predicted octanol–water partition coefficient (Wildman–Crippen LogP) is 1.59. The van der Waals surface area contributed by atoms with Crippen molar-refractivity contribution in [2.45, 2.75) is 45.3 Å². The number of carbonyl (C=O) groups is 1. The topological polar surface area (TPSA) is 55.6 Å². The van der Waals surface area contributed by atoms with Crippen LogP contribution in [-0.2, 0) is 4.74 Å². The number of nitrogens with zero attached hydrogens (tertiary/aromatic N) is 1. The molecule has 2 N–H and O–H groups in total. The molecule has 1 aliphatic carbocycles. The van der Waals surface area contributed by atoms with Crippen LogP contribution >= 0.6 is 0 Å². The number of rotatable bonds is 1. The van der Waals surface area contributed by atoms with E-state index in [0.717, 1.165) is 25.9 Å². The average molecular weight is 226 g/mol. The maximum atomic E-state index is 11.9. The molecule has 3 atom stereocenters. The molecule has 2 aliphatic rings. The number of amides is 1. The fourth-order valence-electron chi connectivity index (χ4n) is 2.84. The van der Waals surface area contributed by atoms with Crippen molar-refractivity contribution < 1.29 is 9.53 Å². The van der Waals surface area contributed by atoms with Crippen LogP contribution in [0.3, 0.4) is 0 Å². The lowest BCUT2D eigenvalue weighted by Gasteiger charge is -2.43. The zero-order chi connectivity index (χ0) is 11.9. The van der Waals surface area contributed by atoms with Crippen LogP contribution in [0, 0.1) is 11.8 Å². The third kappa shape index (κ3) is 2.03. The molecule has 0 spiro atoms. The Kier molecular flexibility index (Phi) is 2.86.